The summed E-state index contributed by atoms with van der Waals surface area (Å²) in [5.74, 6) is 1.76. The van der Waals surface area contributed by atoms with Crippen LogP contribution in [0.15, 0.2) is 83.6 Å². The minimum atomic E-state index is 0.411. The first-order valence-electron chi connectivity index (χ1n) is 9.33. The summed E-state index contributed by atoms with van der Waals surface area (Å²) in [5, 5.41) is 9.19. The van der Waals surface area contributed by atoms with E-state index in [9.17, 15) is 0 Å². The zero-order chi connectivity index (χ0) is 21.2. The van der Waals surface area contributed by atoms with Gasteiger partial charge >= 0.3 is 0 Å². The third kappa shape index (κ3) is 4.03. The lowest BCUT2D eigenvalue weighted by molar-refractivity contribution is 0.451. The summed E-state index contributed by atoms with van der Waals surface area (Å²) in [5.41, 5.74) is 2.82. The fourth-order valence-electron chi connectivity index (χ4n) is 3.10. The van der Waals surface area contributed by atoms with Crippen LogP contribution >= 0.6 is 23.2 Å². The van der Waals surface area contributed by atoms with Crippen molar-refractivity contribution in [1.82, 2.24) is 15.1 Å². The minimum Gasteiger partial charge on any atom is -0.456 e. The second kappa shape index (κ2) is 8.26. The number of hydrogen-bond acceptors (Lipinski definition) is 6. The third-order valence-corrected chi connectivity index (χ3v) is 5.09. The average Bonchev–Trinajstić information content (AvgIpc) is 3.23. The number of fused-ring (bicyclic) bond motifs is 1. The van der Waals surface area contributed by atoms with E-state index in [0.29, 0.717) is 44.2 Å². The first-order valence-corrected chi connectivity index (χ1v) is 10.1. The lowest BCUT2D eigenvalue weighted by Crippen LogP contribution is -1.96. The summed E-state index contributed by atoms with van der Waals surface area (Å²) in [6.07, 6.45) is 1.44. The first kappa shape index (κ1) is 19.4. The molecule has 0 radical (unpaired) electrons. The molecule has 0 unspecified atom stereocenters. The molecule has 0 spiro atoms. The van der Waals surface area contributed by atoms with Crippen LogP contribution in [0.25, 0.3) is 22.4 Å². The van der Waals surface area contributed by atoms with Crippen LogP contribution in [0.1, 0.15) is 0 Å². The van der Waals surface area contributed by atoms with Crippen LogP contribution in [0.3, 0.4) is 0 Å². The van der Waals surface area contributed by atoms with Gasteiger partial charge in [-0.1, -0.05) is 58.7 Å². The van der Waals surface area contributed by atoms with Gasteiger partial charge in [-0.25, -0.2) is 4.98 Å². The van der Waals surface area contributed by atoms with E-state index in [1.807, 2.05) is 54.6 Å². The molecule has 0 saturated heterocycles. The Morgan fingerprint density at radius 1 is 0.871 bits per heavy atom. The van der Waals surface area contributed by atoms with E-state index in [1.165, 1.54) is 6.33 Å². The number of halogens is 2. The summed E-state index contributed by atoms with van der Waals surface area (Å²) < 4.78 is 11.2. The van der Waals surface area contributed by atoms with Crippen LogP contribution in [0.2, 0.25) is 10.0 Å². The van der Waals surface area contributed by atoms with Gasteiger partial charge in [0, 0.05) is 16.3 Å². The van der Waals surface area contributed by atoms with Crippen LogP contribution in [0, 0.1) is 0 Å². The molecule has 2 aromatic heterocycles. The highest BCUT2D eigenvalue weighted by atomic mass is 35.5. The van der Waals surface area contributed by atoms with Gasteiger partial charge < -0.3 is 14.6 Å². The maximum Gasteiger partial charge on any atom is 0.263 e. The molecule has 2 heterocycles. The summed E-state index contributed by atoms with van der Waals surface area (Å²) in [6, 6.07) is 22.3. The Balaban J connectivity index is 1.42. The van der Waals surface area contributed by atoms with E-state index in [4.69, 9.17) is 32.5 Å². The largest absolute Gasteiger partial charge is 0.456 e. The van der Waals surface area contributed by atoms with Crippen molar-refractivity contribution in [2.45, 2.75) is 0 Å². The number of anilines is 2. The lowest BCUT2D eigenvalue weighted by Gasteiger charge is -2.10. The molecule has 0 saturated carbocycles. The normalized spacial score (nSPS) is 10.9. The molecule has 0 aliphatic rings. The fraction of sp³-hybridized carbons (Fsp3) is 0. The first-order chi connectivity index (χ1) is 15.2. The maximum absolute atomic E-state index is 6.18. The van der Waals surface area contributed by atoms with Crippen molar-refractivity contribution in [1.29, 1.82) is 0 Å². The predicted molar refractivity (Wildman–Crippen MR) is 121 cm³/mol. The van der Waals surface area contributed by atoms with Gasteiger partial charge in [0.25, 0.3) is 5.71 Å². The van der Waals surface area contributed by atoms with Crippen molar-refractivity contribution in [2.75, 3.05) is 5.32 Å². The van der Waals surface area contributed by atoms with Crippen molar-refractivity contribution in [3.8, 4) is 22.8 Å². The van der Waals surface area contributed by atoms with Crippen LogP contribution in [0.5, 0.6) is 11.5 Å². The number of ether oxygens (including phenoxy) is 1. The lowest BCUT2D eigenvalue weighted by atomic mass is 10.1. The van der Waals surface area contributed by atoms with Crippen LogP contribution in [0.4, 0.5) is 11.5 Å². The topological polar surface area (TPSA) is 73.1 Å². The Kier molecular flexibility index (Phi) is 5.16. The quantitative estimate of drug-likeness (QED) is 0.308. The second-order valence-corrected chi connectivity index (χ2v) is 7.47. The van der Waals surface area contributed by atoms with E-state index >= 15 is 0 Å². The summed E-state index contributed by atoms with van der Waals surface area (Å²) in [6.45, 7) is 0. The smallest absolute Gasteiger partial charge is 0.263 e. The Bertz CT molecular complexity index is 1360. The Hall–Kier alpha value is -3.61. The van der Waals surface area contributed by atoms with Crippen molar-refractivity contribution < 1.29 is 9.26 Å². The zero-order valence-corrected chi connectivity index (χ0v) is 17.4. The molecular formula is C23H14Cl2N4O2. The molecular weight excluding hydrogens is 435 g/mol. The molecule has 8 heteroatoms. The van der Waals surface area contributed by atoms with Gasteiger partial charge in [0.05, 0.1) is 5.02 Å². The maximum atomic E-state index is 6.18. The molecule has 0 aliphatic heterocycles. The number of nitrogens with one attached hydrogen (secondary N) is 1. The Morgan fingerprint density at radius 3 is 2.45 bits per heavy atom. The molecule has 0 amide bonds. The molecule has 6 nitrogen and oxygen atoms in total. The molecule has 5 rings (SSSR count). The van der Waals surface area contributed by atoms with Crippen molar-refractivity contribution in [2.24, 2.45) is 0 Å². The van der Waals surface area contributed by atoms with Gasteiger partial charge in [0.2, 0.25) is 0 Å². The summed E-state index contributed by atoms with van der Waals surface area (Å²) in [7, 11) is 0. The average molecular weight is 449 g/mol. The molecule has 0 bridgehead atoms. The molecule has 0 fully saturated rings. The van der Waals surface area contributed by atoms with Crippen molar-refractivity contribution in [3.05, 3.63) is 89.2 Å². The SMILES string of the molecule is Clc1ccc(Oc2ccc(Nc3ncnc4onc(-c5ccccc5)c34)cc2)c(Cl)c1. The second-order valence-electron chi connectivity index (χ2n) is 6.63. The van der Waals surface area contributed by atoms with Crippen LogP contribution in [-0.2, 0) is 0 Å². The number of hydrogen-bond donors (Lipinski definition) is 1. The van der Waals surface area contributed by atoms with Crippen molar-refractivity contribution >= 4 is 45.8 Å². The highest BCUT2D eigenvalue weighted by Crippen LogP contribution is 2.34. The van der Waals surface area contributed by atoms with E-state index in [-0.39, 0.29) is 0 Å². The molecule has 0 aliphatic carbocycles. The van der Waals surface area contributed by atoms with Crippen LogP contribution < -0.4 is 10.1 Å². The monoisotopic (exact) mass is 448 g/mol. The third-order valence-electron chi connectivity index (χ3n) is 4.56. The molecule has 0 atom stereocenters. The van der Waals surface area contributed by atoms with E-state index in [2.05, 4.69) is 20.4 Å². The summed E-state index contributed by atoms with van der Waals surface area (Å²) in [4.78, 5) is 8.57. The molecule has 1 N–H and O–H groups in total. The number of nitrogens with zero attached hydrogens (tertiary/aromatic N) is 3. The highest BCUT2D eigenvalue weighted by molar-refractivity contribution is 6.35. The Labute approximate surface area is 187 Å². The summed E-state index contributed by atoms with van der Waals surface area (Å²) >= 11 is 12.1. The van der Waals surface area contributed by atoms with E-state index in [0.717, 1.165) is 11.3 Å². The van der Waals surface area contributed by atoms with E-state index in [1.54, 1.807) is 18.2 Å². The number of aromatic nitrogens is 3. The van der Waals surface area contributed by atoms with Gasteiger partial charge in [0.1, 0.15) is 34.7 Å². The standard InChI is InChI=1S/C23H14Cl2N4O2/c24-15-6-11-19(18(25)12-15)30-17-9-7-16(8-10-17)28-22-20-21(14-4-2-1-3-5-14)29-31-23(20)27-13-26-22/h1-13H,(H,26,27,28). The number of benzene rings is 3. The van der Waals surface area contributed by atoms with Gasteiger partial charge in [-0.05, 0) is 42.5 Å². The molecule has 5 aromatic rings. The molecule has 3 aromatic carbocycles. The molecule has 152 valence electrons. The zero-order valence-electron chi connectivity index (χ0n) is 15.9. The van der Waals surface area contributed by atoms with Gasteiger partial charge in [-0.15, -0.1) is 0 Å². The Morgan fingerprint density at radius 2 is 1.68 bits per heavy atom. The highest BCUT2D eigenvalue weighted by Gasteiger charge is 2.16. The fourth-order valence-corrected chi connectivity index (χ4v) is 3.55. The van der Waals surface area contributed by atoms with E-state index < -0.39 is 0 Å². The minimum absolute atomic E-state index is 0.411. The van der Waals surface area contributed by atoms with Crippen molar-refractivity contribution in [3.63, 3.8) is 0 Å². The van der Waals surface area contributed by atoms with Gasteiger partial charge in [-0.3, -0.25) is 0 Å². The van der Waals surface area contributed by atoms with Crippen LogP contribution in [-0.4, -0.2) is 15.1 Å². The predicted octanol–water partition coefficient (Wildman–Crippen LogP) is 7.13. The van der Waals surface area contributed by atoms with Gasteiger partial charge in [0.15, 0.2) is 0 Å². The number of rotatable bonds is 5. The molecule has 31 heavy (non-hydrogen) atoms. The van der Waals surface area contributed by atoms with Gasteiger partial charge in [-0.2, -0.15) is 4.98 Å².